The van der Waals surface area contributed by atoms with Crippen molar-refractivity contribution in [3.8, 4) is 17.2 Å². The number of hydrogen-bond acceptors (Lipinski definition) is 6. The fraction of sp³-hybridized carbons (Fsp3) is 0.222. The van der Waals surface area contributed by atoms with Gasteiger partial charge >= 0.3 is 0 Å². The molecular weight excluding hydrogens is 360 g/mol. The molecule has 0 fully saturated rings. The molecule has 0 unspecified atom stereocenters. The average Bonchev–Trinajstić information content (AvgIpc) is 3.09. The van der Waals surface area contributed by atoms with Crippen LogP contribution in [0.4, 0.5) is 5.69 Å². The summed E-state index contributed by atoms with van der Waals surface area (Å²) in [6, 6.07) is 10.4. The number of amides is 1. The van der Waals surface area contributed by atoms with Crippen molar-refractivity contribution in [3.63, 3.8) is 0 Å². The number of carbonyl (C=O) groups is 1. The molecule has 7 nitrogen and oxygen atoms in total. The second kappa shape index (κ2) is 7.97. The van der Waals surface area contributed by atoms with E-state index in [0.717, 1.165) is 5.56 Å². The molecule has 1 N–H and O–H groups in total. The van der Waals surface area contributed by atoms with Crippen LogP contribution in [0.25, 0.3) is 0 Å². The molecule has 0 saturated carbocycles. The van der Waals surface area contributed by atoms with Crippen LogP contribution in [-0.4, -0.2) is 32.1 Å². The first-order valence-electron chi connectivity index (χ1n) is 7.77. The van der Waals surface area contributed by atoms with E-state index in [9.17, 15) is 4.79 Å². The zero-order chi connectivity index (χ0) is 18.5. The van der Waals surface area contributed by atoms with Crippen LogP contribution in [0.15, 0.2) is 41.6 Å². The van der Waals surface area contributed by atoms with Gasteiger partial charge in [0.1, 0.15) is 5.75 Å². The molecule has 0 saturated heterocycles. The number of anilines is 1. The summed E-state index contributed by atoms with van der Waals surface area (Å²) in [7, 11) is 1.52. The molecule has 0 spiro atoms. The molecule has 0 aromatic heterocycles. The normalized spacial score (nSPS) is 12.7. The zero-order valence-corrected chi connectivity index (χ0v) is 15.0. The van der Waals surface area contributed by atoms with Crippen LogP contribution in [0.5, 0.6) is 17.2 Å². The van der Waals surface area contributed by atoms with Crippen LogP contribution in [0.3, 0.4) is 0 Å². The van der Waals surface area contributed by atoms with Gasteiger partial charge in [-0.25, -0.2) is 0 Å². The molecule has 1 aliphatic heterocycles. The maximum absolute atomic E-state index is 11.9. The monoisotopic (exact) mass is 376 g/mol. The van der Waals surface area contributed by atoms with Crippen molar-refractivity contribution in [1.82, 2.24) is 0 Å². The lowest BCUT2D eigenvalue weighted by molar-refractivity contribution is -0.120. The Kier molecular flexibility index (Phi) is 5.48. The van der Waals surface area contributed by atoms with Crippen molar-refractivity contribution in [1.29, 1.82) is 0 Å². The highest BCUT2D eigenvalue weighted by molar-refractivity contribution is 6.32. The van der Waals surface area contributed by atoms with Gasteiger partial charge in [0.25, 0.3) is 5.91 Å². The van der Waals surface area contributed by atoms with E-state index in [1.807, 2.05) is 12.1 Å². The lowest BCUT2D eigenvalue weighted by atomic mass is 10.1. The quantitative estimate of drug-likeness (QED) is 0.617. The van der Waals surface area contributed by atoms with Crippen molar-refractivity contribution < 1.29 is 23.8 Å². The number of fused-ring (bicyclic) bond motifs is 1. The minimum Gasteiger partial charge on any atom is -0.495 e. The third-order valence-corrected chi connectivity index (χ3v) is 3.92. The third kappa shape index (κ3) is 4.18. The van der Waals surface area contributed by atoms with Gasteiger partial charge in [-0.1, -0.05) is 16.8 Å². The Morgan fingerprint density at radius 2 is 2.04 bits per heavy atom. The number of ether oxygens (including phenoxy) is 3. The number of nitrogens with one attached hydrogen (secondary N) is 1. The molecule has 8 heteroatoms. The zero-order valence-electron chi connectivity index (χ0n) is 14.2. The highest BCUT2D eigenvalue weighted by atomic mass is 35.5. The first-order chi connectivity index (χ1) is 12.6. The van der Waals surface area contributed by atoms with Crippen LogP contribution < -0.4 is 19.5 Å². The van der Waals surface area contributed by atoms with Crippen LogP contribution in [0.2, 0.25) is 5.02 Å². The fourth-order valence-electron chi connectivity index (χ4n) is 2.30. The van der Waals surface area contributed by atoms with E-state index < -0.39 is 0 Å². The second-order valence-corrected chi connectivity index (χ2v) is 5.82. The molecule has 26 heavy (non-hydrogen) atoms. The number of nitrogens with zero attached hydrogens (tertiary/aromatic N) is 1. The second-order valence-electron chi connectivity index (χ2n) is 5.42. The van der Waals surface area contributed by atoms with Gasteiger partial charge in [-0.05, 0) is 43.3 Å². The van der Waals surface area contributed by atoms with Gasteiger partial charge in [-0.3, -0.25) is 4.79 Å². The largest absolute Gasteiger partial charge is 0.495 e. The number of oxime groups is 1. The SMILES string of the molecule is COc1ccc(NC(=O)CO/N=C(/C)c2ccc3c(c2)OCO3)cc1Cl. The minimum atomic E-state index is -0.353. The molecule has 1 aliphatic rings. The number of rotatable bonds is 6. The van der Waals surface area contributed by atoms with Crippen LogP contribution in [0.1, 0.15) is 12.5 Å². The maximum Gasteiger partial charge on any atom is 0.265 e. The predicted octanol–water partition coefficient (Wildman–Crippen LogP) is 3.46. The van der Waals surface area contributed by atoms with Crippen molar-refractivity contribution in [2.24, 2.45) is 5.16 Å². The topological polar surface area (TPSA) is 78.4 Å². The molecule has 0 radical (unpaired) electrons. The standard InChI is InChI=1S/C18H17ClN2O5/c1-11(12-3-5-16-17(7-12)25-10-24-16)21-26-9-18(22)20-13-4-6-15(23-2)14(19)8-13/h3-8H,9-10H2,1-2H3,(H,20,22)/b21-11-. The van der Waals surface area contributed by atoms with Gasteiger partial charge in [-0.2, -0.15) is 0 Å². The molecule has 0 atom stereocenters. The number of benzene rings is 2. The Morgan fingerprint density at radius 3 is 2.81 bits per heavy atom. The predicted molar refractivity (Wildman–Crippen MR) is 97.4 cm³/mol. The highest BCUT2D eigenvalue weighted by Crippen LogP contribution is 2.32. The van der Waals surface area contributed by atoms with E-state index in [-0.39, 0.29) is 19.3 Å². The van der Waals surface area contributed by atoms with E-state index >= 15 is 0 Å². The summed E-state index contributed by atoms with van der Waals surface area (Å²) in [6.07, 6.45) is 0. The molecule has 2 aromatic rings. The Bertz CT molecular complexity index is 853. The summed E-state index contributed by atoms with van der Waals surface area (Å²) in [5.41, 5.74) is 1.97. The van der Waals surface area contributed by atoms with Crippen molar-refractivity contribution in [2.45, 2.75) is 6.92 Å². The van der Waals surface area contributed by atoms with E-state index in [2.05, 4.69) is 10.5 Å². The fourth-order valence-corrected chi connectivity index (χ4v) is 2.56. The molecule has 1 heterocycles. The molecule has 0 aliphatic carbocycles. The summed E-state index contributed by atoms with van der Waals surface area (Å²) >= 11 is 6.02. The molecular formula is C18H17ClN2O5. The summed E-state index contributed by atoms with van der Waals surface area (Å²) < 4.78 is 15.6. The lowest BCUT2D eigenvalue weighted by Crippen LogP contribution is -2.17. The molecule has 1 amide bonds. The number of halogens is 1. The molecule has 3 rings (SSSR count). The van der Waals surface area contributed by atoms with Gasteiger partial charge in [0.2, 0.25) is 6.79 Å². The Balaban J connectivity index is 1.54. The number of hydrogen-bond donors (Lipinski definition) is 1. The summed E-state index contributed by atoms with van der Waals surface area (Å²) in [4.78, 5) is 17.1. The first kappa shape index (κ1) is 17.9. The van der Waals surface area contributed by atoms with E-state index in [4.69, 9.17) is 30.6 Å². The van der Waals surface area contributed by atoms with E-state index in [0.29, 0.717) is 33.7 Å². The highest BCUT2D eigenvalue weighted by Gasteiger charge is 2.14. The molecule has 0 bridgehead atoms. The molecule has 2 aromatic carbocycles. The first-order valence-corrected chi connectivity index (χ1v) is 8.14. The van der Waals surface area contributed by atoms with Gasteiger partial charge in [0, 0.05) is 11.3 Å². The molecule has 136 valence electrons. The summed E-state index contributed by atoms with van der Waals surface area (Å²) in [5, 5.41) is 7.04. The Hall–Kier alpha value is -2.93. The third-order valence-electron chi connectivity index (χ3n) is 3.62. The summed E-state index contributed by atoms with van der Waals surface area (Å²) in [6.45, 7) is 1.76. The Labute approximate surface area is 155 Å². The summed E-state index contributed by atoms with van der Waals surface area (Å²) in [5.74, 6) is 1.53. The number of methoxy groups -OCH3 is 1. The van der Waals surface area contributed by atoms with Gasteiger partial charge in [0.05, 0.1) is 17.8 Å². The van der Waals surface area contributed by atoms with E-state index in [1.165, 1.54) is 7.11 Å². The average molecular weight is 377 g/mol. The van der Waals surface area contributed by atoms with Crippen LogP contribution in [0, 0.1) is 0 Å². The van der Waals surface area contributed by atoms with Gasteiger partial charge in [-0.15, -0.1) is 0 Å². The van der Waals surface area contributed by atoms with Crippen LogP contribution in [-0.2, 0) is 9.63 Å². The van der Waals surface area contributed by atoms with Crippen molar-refractivity contribution in [3.05, 3.63) is 47.0 Å². The van der Waals surface area contributed by atoms with Crippen LogP contribution >= 0.6 is 11.6 Å². The maximum atomic E-state index is 11.9. The lowest BCUT2D eigenvalue weighted by Gasteiger charge is -2.08. The van der Waals surface area contributed by atoms with Crippen molar-refractivity contribution in [2.75, 3.05) is 25.8 Å². The number of carbonyl (C=O) groups excluding carboxylic acids is 1. The van der Waals surface area contributed by atoms with Gasteiger partial charge in [0.15, 0.2) is 18.1 Å². The van der Waals surface area contributed by atoms with E-state index in [1.54, 1.807) is 31.2 Å². The minimum absolute atomic E-state index is 0.209. The Morgan fingerprint density at radius 1 is 1.23 bits per heavy atom. The smallest absolute Gasteiger partial charge is 0.265 e. The van der Waals surface area contributed by atoms with Crippen molar-refractivity contribution >= 4 is 28.9 Å². The van der Waals surface area contributed by atoms with Gasteiger partial charge < -0.3 is 24.4 Å².